The van der Waals surface area contributed by atoms with Crippen molar-refractivity contribution in [2.45, 2.75) is 39.7 Å². The molecule has 0 amide bonds. The third-order valence-electron chi connectivity index (χ3n) is 3.16. The predicted octanol–water partition coefficient (Wildman–Crippen LogP) is 4.75. The number of hydrogen-bond acceptors (Lipinski definition) is 5. The lowest BCUT2D eigenvalue weighted by molar-refractivity contribution is 0.858. The first-order valence-corrected chi connectivity index (χ1v) is 8.44. The minimum atomic E-state index is 0.169. The monoisotopic (exact) mass is 324 g/mol. The highest BCUT2D eigenvalue weighted by Crippen LogP contribution is 2.30. The van der Waals surface area contributed by atoms with E-state index in [0.29, 0.717) is 0 Å². The summed E-state index contributed by atoms with van der Waals surface area (Å²) in [4.78, 5) is 9.97. The van der Waals surface area contributed by atoms with Crippen LogP contribution in [0.1, 0.15) is 43.7 Å². The van der Waals surface area contributed by atoms with Gasteiger partial charge in [-0.25, -0.2) is 9.97 Å². The number of thiophene rings is 1. The second kappa shape index (κ2) is 7.61. The fourth-order valence-electron chi connectivity index (χ4n) is 2.18. The number of nitrogens with zero attached hydrogens (tertiary/aromatic N) is 2. The van der Waals surface area contributed by atoms with Gasteiger partial charge in [-0.05, 0) is 32.4 Å². The molecule has 0 aromatic carbocycles. The van der Waals surface area contributed by atoms with Crippen molar-refractivity contribution in [3.63, 3.8) is 0 Å². The predicted molar refractivity (Wildman–Crippen MR) is 91.6 cm³/mol. The molecule has 0 saturated carbocycles. The Kier molecular flexibility index (Phi) is 5.82. The fraction of sp³-hybridized carbons (Fsp3) is 0.467. The molecule has 0 aliphatic carbocycles. The zero-order chi connectivity index (χ0) is 15.2. The van der Waals surface area contributed by atoms with Crippen LogP contribution in [0.4, 0.5) is 11.6 Å². The molecule has 0 aliphatic heterocycles. The van der Waals surface area contributed by atoms with Gasteiger partial charge < -0.3 is 10.6 Å². The van der Waals surface area contributed by atoms with Crippen molar-refractivity contribution in [3.05, 3.63) is 33.2 Å². The molecule has 4 nitrogen and oxygen atoms in total. The Hall–Kier alpha value is -1.33. The molecule has 1 unspecified atom stereocenters. The maximum Gasteiger partial charge on any atom is 0.135 e. The SMILES string of the molecule is CCCc1c(NCC)ncnc1NC(C)c1ccc(Cl)s1. The van der Waals surface area contributed by atoms with Crippen molar-refractivity contribution in [3.8, 4) is 0 Å². The summed E-state index contributed by atoms with van der Waals surface area (Å²) in [6.45, 7) is 7.20. The number of anilines is 2. The maximum atomic E-state index is 6.01. The average Bonchev–Trinajstić information content (AvgIpc) is 2.89. The molecule has 114 valence electrons. The van der Waals surface area contributed by atoms with Crippen LogP contribution in [-0.4, -0.2) is 16.5 Å². The van der Waals surface area contributed by atoms with Crippen LogP contribution in [0, 0.1) is 0 Å². The molecule has 0 bridgehead atoms. The first-order chi connectivity index (χ1) is 10.2. The first-order valence-electron chi connectivity index (χ1n) is 7.25. The molecular formula is C15H21ClN4S. The Balaban J connectivity index is 2.23. The van der Waals surface area contributed by atoms with Gasteiger partial charge >= 0.3 is 0 Å². The second-order valence-electron chi connectivity index (χ2n) is 4.84. The average molecular weight is 325 g/mol. The van der Waals surface area contributed by atoms with Gasteiger partial charge in [0.15, 0.2) is 0 Å². The van der Waals surface area contributed by atoms with Gasteiger partial charge in [-0.3, -0.25) is 0 Å². The Bertz CT molecular complexity index is 585. The largest absolute Gasteiger partial charge is 0.370 e. The van der Waals surface area contributed by atoms with Gasteiger partial charge in [0.05, 0.1) is 10.4 Å². The van der Waals surface area contributed by atoms with E-state index in [1.54, 1.807) is 17.7 Å². The molecule has 0 saturated heterocycles. The van der Waals surface area contributed by atoms with E-state index in [0.717, 1.165) is 40.9 Å². The van der Waals surface area contributed by atoms with Gasteiger partial charge in [-0.15, -0.1) is 11.3 Å². The molecule has 0 spiro atoms. The van der Waals surface area contributed by atoms with Crippen LogP contribution >= 0.6 is 22.9 Å². The van der Waals surface area contributed by atoms with Gasteiger partial charge in [-0.2, -0.15) is 0 Å². The van der Waals surface area contributed by atoms with E-state index < -0.39 is 0 Å². The van der Waals surface area contributed by atoms with Crippen LogP contribution in [0.25, 0.3) is 0 Å². The van der Waals surface area contributed by atoms with Crippen molar-refractivity contribution in [2.75, 3.05) is 17.2 Å². The summed E-state index contributed by atoms with van der Waals surface area (Å²) in [5.74, 6) is 1.83. The molecule has 21 heavy (non-hydrogen) atoms. The van der Waals surface area contributed by atoms with E-state index in [4.69, 9.17) is 11.6 Å². The van der Waals surface area contributed by atoms with Crippen molar-refractivity contribution in [2.24, 2.45) is 0 Å². The summed E-state index contributed by atoms with van der Waals surface area (Å²) in [6, 6.07) is 4.15. The normalized spacial score (nSPS) is 12.2. The third-order valence-corrected chi connectivity index (χ3v) is 4.58. The number of aromatic nitrogens is 2. The van der Waals surface area contributed by atoms with E-state index in [1.807, 2.05) is 6.07 Å². The number of hydrogen-bond donors (Lipinski definition) is 2. The minimum Gasteiger partial charge on any atom is -0.370 e. The zero-order valence-electron chi connectivity index (χ0n) is 12.6. The van der Waals surface area contributed by atoms with E-state index in [1.165, 1.54) is 4.88 Å². The highest BCUT2D eigenvalue weighted by atomic mass is 35.5. The summed E-state index contributed by atoms with van der Waals surface area (Å²) < 4.78 is 0.809. The van der Waals surface area contributed by atoms with E-state index in [9.17, 15) is 0 Å². The molecule has 6 heteroatoms. The quantitative estimate of drug-likeness (QED) is 0.771. The van der Waals surface area contributed by atoms with Crippen molar-refractivity contribution >= 4 is 34.6 Å². The molecule has 2 rings (SSSR count). The molecule has 0 aliphatic rings. The van der Waals surface area contributed by atoms with Crippen LogP contribution in [0.2, 0.25) is 4.34 Å². The minimum absolute atomic E-state index is 0.169. The Morgan fingerprint density at radius 3 is 2.62 bits per heavy atom. The molecular weight excluding hydrogens is 304 g/mol. The topological polar surface area (TPSA) is 49.8 Å². The van der Waals surface area contributed by atoms with E-state index in [-0.39, 0.29) is 6.04 Å². The molecule has 2 aromatic rings. The van der Waals surface area contributed by atoms with Gasteiger partial charge in [0, 0.05) is 17.0 Å². The lowest BCUT2D eigenvalue weighted by Crippen LogP contribution is -2.12. The number of halogens is 1. The molecule has 2 aromatic heterocycles. The Labute approximate surface area is 135 Å². The summed E-state index contributed by atoms with van der Waals surface area (Å²) in [6.07, 6.45) is 3.61. The molecule has 2 heterocycles. The molecule has 0 fully saturated rings. The first kappa shape index (κ1) is 16.0. The van der Waals surface area contributed by atoms with Crippen molar-refractivity contribution in [1.82, 2.24) is 9.97 Å². The Morgan fingerprint density at radius 1 is 1.24 bits per heavy atom. The highest BCUT2D eigenvalue weighted by molar-refractivity contribution is 7.16. The van der Waals surface area contributed by atoms with Crippen LogP contribution in [-0.2, 0) is 6.42 Å². The van der Waals surface area contributed by atoms with E-state index >= 15 is 0 Å². The zero-order valence-corrected chi connectivity index (χ0v) is 14.2. The summed E-state index contributed by atoms with van der Waals surface area (Å²) in [5.41, 5.74) is 1.15. The molecule has 2 N–H and O–H groups in total. The highest BCUT2D eigenvalue weighted by Gasteiger charge is 2.14. The van der Waals surface area contributed by atoms with Gasteiger partial charge in [-0.1, -0.05) is 24.9 Å². The lowest BCUT2D eigenvalue weighted by atomic mass is 10.1. The van der Waals surface area contributed by atoms with Gasteiger partial charge in [0.25, 0.3) is 0 Å². The summed E-state index contributed by atoms with van der Waals surface area (Å²) in [5, 5.41) is 6.79. The van der Waals surface area contributed by atoms with Crippen LogP contribution in [0.5, 0.6) is 0 Å². The van der Waals surface area contributed by atoms with Crippen LogP contribution in [0.3, 0.4) is 0 Å². The second-order valence-corrected chi connectivity index (χ2v) is 6.58. The molecule has 0 radical (unpaired) electrons. The van der Waals surface area contributed by atoms with Gasteiger partial charge in [0.1, 0.15) is 18.0 Å². The van der Waals surface area contributed by atoms with Crippen molar-refractivity contribution in [1.29, 1.82) is 0 Å². The summed E-state index contributed by atoms with van der Waals surface area (Å²) in [7, 11) is 0. The standard InChI is InChI=1S/C15H21ClN4S/c1-4-6-11-14(17-5-2)18-9-19-15(11)20-10(3)12-7-8-13(16)21-12/h7-10H,4-6H2,1-3H3,(H2,17,18,19,20). The third kappa shape index (κ3) is 4.08. The van der Waals surface area contributed by atoms with Crippen molar-refractivity contribution < 1.29 is 0 Å². The smallest absolute Gasteiger partial charge is 0.135 e. The number of nitrogens with one attached hydrogen (secondary N) is 2. The van der Waals surface area contributed by atoms with Crippen LogP contribution in [0.15, 0.2) is 18.5 Å². The fourth-order valence-corrected chi connectivity index (χ4v) is 3.24. The van der Waals surface area contributed by atoms with Gasteiger partial charge in [0.2, 0.25) is 0 Å². The lowest BCUT2D eigenvalue weighted by Gasteiger charge is -2.18. The number of rotatable bonds is 7. The molecule has 1 atom stereocenters. The van der Waals surface area contributed by atoms with E-state index in [2.05, 4.69) is 47.4 Å². The maximum absolute atomic E-state index is 6.01. The Morgan fingerprint density at radius 2 is 2.00 bits per heavy atom. The summed E-state index contributed by atoms with van der Waals surface area (Å²) >= 11 is 7.60. The van der Waals surface area contributed by atoms with Crippen LogP contribution < -0.4 is 10.6 Å².